The second-order valence-electron chi connectivity index (χ2n) is 3.59. The van der Waals surface area contributed by atoms with Crippen LogP contribution in [0.15, 0.2) is 24.3 Å². The third-order valence-corrected chi connectivity index (χ3v) is 1.87. The summed E-state index contributed by atoms with van der Waals surface area (Å²) in [5.74, 6) is 0.238. The first-order valence-corrected chi connectivity index (χ1v) is 6.30. The van der Waals surface area contributed by atoms with Gasteiger partial charge in [-0.3, -0.25) is 4.57 Å². The van der Waals surface area contributed by atoms with E-state index in [9.17, 15) is 9.67 Å². The Bertz CT molecular complexity index is 266. The molecule has 0 amide bonds. The van der Waals surface area contributed by atoms with Crippen LogP contribution in [-0.4, -0.2) is 27.2 Å². The van der Waals surface area contributed by atoms with Gasteiger partial charge in [0.2, 0.25) is 0 Å². The van der Waals surface area contributed by atoms with E-state index in [1.165, 1.54) is 0 Å². The van der Waals surface area contributed by atoms with Crippen molar-refractivity contribution in [2.45, 2.75) is 19.4 Å². The number of aliphatic hydroxyl groups is 1. The average molecular weight is 220 g/mol. The van der Waals surface area contributed by atoms with Gasteiger partial charge in [-0.05, 0) is 6.92 Å². The molecule has 0 aromatic heterocycles. The van der Waals surface area contributed by atoms with Gasteiger partial charge in [0.25, 0.3) is 0 Å². The lowest BCUT2D eigenvalue weighted by Crippen LogP contribution is -2.29. The molecule has 0 saturated heterocycles. The summed E-state index contributed by atoms with van der Waals surface area (Å²) >= 11 is 0. The molecule has 14 heavy (non-hydrogen) atoms. The lowest BCUT2D eigenvalue weighted by molar-refractivity contribution is 0.0730. The van der Waals surface area contributed by atoms with E-state index in [2.05, 4.69) is 0 Å². The Morgan fingerprint density at radius 2 is 1.79 bits per heavy atom. The van der Waals surface area contributed by atoms with Gasteiger partial charge in [0.1, 0.15) is 0 Å². The molecule has 0 fully saturated rings. The first-order chi connectivity index (χ1) is 6.13. The third kappa shape index (κ3) is 7.04. The van der Waals surface area contributed by atoms with E-state index < -0.39 is 13.2 Å². The normalized spacial score (nSPS) is 30.9. The minimum absolute atomic E-state index is 0.238. The molecule has 1 rings (SSSR count). The van der Waals surface area contributed by atoms with Gasteiger partial charge in [0, 0.05) is 12.6 Å². The molecule has 0 aliphatic heterocycles. The second-order valence-corrected chi connectivity index (χ2v) is 5.26. The molecule has 3 N–H and O–H groups in total. The predicted molar refractivity (Wildman–Crippen MR) is 56.0 cm³/mol. The van der Waals surface area contributed by atoms with Crippen LogP contribution in [-0.2, 0) is 4.57 Å². The minimum atomic E-state index is -3.64. The van der Waals surface area contributed by atoms with Gasteiger partial charge in [0.15, 0.2) is 0 Å². The fourth-order valence-electron chi connectivity index (χ4n) is 0.828. The fourth-order valence-corrected chi connectivity index (χ4v) is 0.828. The van der Waals surface area contributed by atoms with Gasteiger partial charge in [-0.25, -0.2) is 0 Å². The minimum Gasteiger partial charge on any atom is -0.385 e. The van der Waals surface area contributed by atoms with Crippen LogP contribution in [0.25, 0.3) is 0 Å². The van der Waals surface area contributed by atoms with E-state index in [0.29, 0.717) is 0 Å². The molecule has 1 aliphatic rings. The molecule has 1 aliphatic carbocycles. The summed E-state index contributed by atoms with van der Waals surface area (Å²) in [6.45, 7) is 4.67. The largest absolute Gasteiger partial charge is 0.385 e. The van der Waals surface area contributed by atoms with Gasteiger partial charge in [-0.15, -0.1) is 0 Å². The van der Waals surface area contributed by atoms with Crippen LogP contribution >= 0.6 is 7.60 Å². The predicted octanol–water partition coefficient (Wildman–Crippen LogP) is 1.29. The summed E-state index contributed by atoms with van der Waals surface area (Å²) in [5.41, 5.74) is -0.630. The van der Waals surface area contributed by atoms with E-state index in [4.69, 9.17) is 9.79 Å². The molecule has 0 radical (unpaired) electrons. The van der Waals surface area contributed by atoms with Crippen LogP contribution in [0.5, 0.6) is 0 Å². The van der Waals surface area contributed by atoms with Crippen LogP contribution in [0.1, 0.15) is 13.8 Å². The van der Waals surface area contributed by atoms with Crippen LogP contribution in [0.4, 0.5) is 0 Å². The second kappa shape index (κ2) is 4.89. The maximum absolute atomic E-state index is 9.50. The van der Waals surface area contributed by atoms with Gasteiger partial charge in [0.05, 0.1) is 5.60 Å². The quantitative estimate of drug-likeness (QED) is 0.537. The Morgan fingerprint density at radius 1 is 1.36 bits per heavy atom. The van der Waals surface area contributed by atoms with Gasteiger partial charge >= 0.3 is 7.60 Å². The third-order valence-electron chi connectivity index (χ3n) is 1.87. The van der Waals surface area contributed by atoms with Crippen molar-refractivity contribution < 1.29 is 19.5 Å². The van der Waals surface area contributed by atoms with Crippen LogP contribution < -0.4 is 0 Å². The zero-order valence-corrected chi connectivity index (χ0v) is 9.48. The number of rotatable bonds is 0. The van der Waals surface area contributed by atoms with Gasteiger partial charge in [-0.1, -0.05) is 31.2 Å². The molecule has 0 bridgehead atoms. The van der Waals surface area contributed by atoms with Crippen LogP contribution in [0, 0.1) is 5.92 Å². The van der Waals surface area contributed by atoms with E-state index in [1.807, 2.05) is 38.2 Å². The number of allylic oxidation sites excluding steroid dienone is 2. The standard InChI is InChI=1S/C8H12O.CH5O3P/c1-7-5-3-4-6-8(7,2)9;1-5(2,3)4/h3-7,9H,1-2H3;1H3,(H2,2,3,4). The first kappa shape index (κ1) is 13.6. The van der Waals surface area contributed by atoms with E-state index in [1.54, 1.807) is 0 Å². The smallest absolute Gasteiger partial charge is 0.322 e. The molecule has 2 unspecified atom stereocenters. The molecular weight excluding hydrogens is 203 g/mol. The molecule has 0 aromatic rings. The van der Waals surface area contributed by atoms with Gasteiger partial charge in [-0.2, -0.15) is 0 Å². The Balaban J connectivity index is 0.000000292. The highest BCUT2D eigenvalue weighted by molar-refractivity contribution is 7.50. The SMILES string of the molecule is CC1C=CC=CC1(C)O.CP(=O)(O)O. The highest BCUT2D eigenvalue weighted by Gasteiger charge is 2.23. The Morgan fingerprint density at radius 3 is 2.00 bits per heavy atom. The lowest BCUT2D eigenvalue weighted by atomic mass is 9.87. The van der Waals surface area contributed by atoms with Crippen molar-refractivity contribution in [2.24, 2.45) is 5.92 Å². The Hall–Kier alpha value is -0.410. The topological polar surface area (TPSA) is 77.8 Å². The summed E-state index contributed by atoms with van der Waals surface area (Å²) in [7, 11) is -3.64. The van der Waals surface area contributed by atoms with E-state index in [-0.39, 0.29) is 5.92 Å². The summed E-state index contributed by atoms with van der Waals surface area (Å²) in [6, 6.07) is 0. The Labute approximate surface area is 84.1 Å². The molecule has 4 nitrogen and oxygen atoms in total. The van der Waals surface area contributed by atoms with Crippen molar-refractivity contribution in [1.29, 1.82) is 0 Å². The van der Waals surface area contributed by atoms with E-state index >= 15 is 0 Å². The number of hydrogen-bond donors (Lipinski definition) is 3. The zero-order valence-electron chi connectivity index (χ0n) is 8.58. The zero-order chi connectivity index (χ0) is 11.4. The van der Waals surface area contributed by atoms with Crippen molar-refractivity contribution in [3.63, 3.8) is 0 Å². The van der Waals surface area contributed by atoms with Gasteiger partial charge < -0.3 is 14.9 Å². The van der Waals surface area contributed by atoms with Crippen LogP contribution in [0.2, 0.25) is 0 Å². The van der Waals surface area contributed by atoms with Crippen molar-refractivity contribution >= 4 is 7.60 Å². The summed E-state index contributed by atoms with van der Waals surface area (Å²) < 4.78 is 9.33. The highest BCUT2D eigenvalue weighted by Crippen LogP contribution is 2.26. The Kier molecular flexibility index (Phi) is 4.75. The summed E-state index contributed by atoms with van der Waals surface area (Å²) in [4.78, 5) is 15.3. The molecule has 0 heterocycles. The fraction of sp³-hybridized carbons (Fsp3) is 0.556. The molecule has 0 saturated carbocycles. The summed E-state index contributed by atoms with van der Waals surface area (Å²) in [6.07, 6.45) is 7.65. The monoisotopic (exact) mass is 220 g/mol. The lowest BCUT2D eigenvalue weighted by Gasteiger charge is -2.26. The van der Waals surface area contributed by atoms with Crippen molar-refractivity contribution in [1.82, 2.24) is 0 Å². The van der Waals surface area contributed by atoms with Crippen molar-refractivity contribution in [3.05, 3.63) is 24.3 Å². The summed E-state index contributed by atoms with van der Waals surface area (Å²) in [5, 5.41) is 9.50. The first-order valence-electron chi connectivity index (χ1n) is 4.24. The maximum atomic E-state index is 9.50. The van der Waals surface area contributed by atoms with Crippen molar-refractivity contribution in [2.75, 3.05) is 6.66 Å². The average Bonchev–Trinajstić information content (AvgIpc) is 1.92. The highest BCUT2D eigenvalue weighted by atomic mass is 31.2. The molecule has 0 spiro atoms. The molecule has 2 atom stereocenters. The van der Waals surface area contributed by atoms with Crippen LogP contribution in [0.3, 0.4) is 0 Å². The number of hydrogen-bond acceptors (Lipinski definition) is 2. The molecule has 82 valence electrons. The maximum Gasteiger partial charge on any atom is 0.322 e. The molecular formula is C9H17O4P. The molecule has 0 aromatic carbocycles. The van der Waals surface area contributed by atoms with Crippen molar-refractivity contribution in [3.8, 4) is 0 Å². The molecule has 5 heteroatoms. The van der Waals surface area contributed by atoms with E-state index in [0.717, 1.165) is 6.66 Å².